The second-order valence-corrected chi connectivity index (χ2v) is 14.2. The van der Waals surface area contributed by atoms with Crippen LogP contribution in [0.3, 0.4) is 0 Å². The van der Waals surface area contributed by atoms with Crippen LogP contribution >= 0.6 is 0 Å². The van der Waals surface area contributed by atoms with E-state index in [2.05, 4.69) is 0 Å². The summed E-state index contributed by atoms with van der Waals surface area (Å²) in [5.74, 6) is 1.07. The highest BCUT2D eigenvalue weighted by Gasteiger charge is 2.65. The number of esters is 2. The summed E-state index contributed by atoms with van der Waals surface area (Å²) in [5.41, 5.74) is -2.25. The van der Waals surface area contributed by atoms with E-state index >= 15 is 0 Å². The highest BCUT2D eigenvalue weighted by atomic mass is 32.2. The van der Waals surface area contributed by atoms with Crippen molar-refractivity contribution in [3.05, 3.63) is 0 Å². The van der Waals surface area contributed by atoms with Gasteiger partial charge in [0.1, 0.15) is 5.60 Å². The number of rotatable bonds is 6. The van der Waals surface area contributed by atoms with Crippen molar-refractivity contribution in [3.8, 4) is 0 Å². The standard InChI is InChI=1S/C24H32F2O7S/c25-24(26,34(29,30)31)13-32-19(27)22-8-17-4-18(9-22)11-23(10-17,12-22)33-20(28)21-5-14-1-15(6-21)3-16(2-14)7-21/h14-18H,1-13H2,(H,29,30,31). The number of ether oxygens (including phenoxy) is 2. The first-order valence-electron chi connectivity index (χ1n) is 12.6. The molecule has 8 rings (SSSR count). The van der Waals surface area contributed by atoms with Crippen LogP contribution in [0.1, 0.15) is 77.0 Å². The van der Waals surface area contributed by atoms with Gasteiger partial charge in [0.25, 0.3) is 0 Å². The molecule has 34 heavy (non-hydrogen) atoms. The average molecular weight is 503 g/mol. The summed E-state index contributed by atoms with van der Waals surface area (Å²) in [6.45, 7) is -1.72. The maximum atomic E-state index is 13.7. The molecule has 190 valence electrons. The largest absolute Gasteiger partial charge is 0.459 e. The molecule has 8 aliphatic rings. The predicted molar refractivity (Wildman–Crippen MR) is 114 cm³/mol. The fraction of sp³-hybridized carbons (Fsp3) is 0.917. The minimum absolute atomic E-state index is 0.130. The van der Waals surface area contributed by atoms with Gasteiger partial charge in [-0.05, 0) is 100 Å². The summed E-state index contributed by atoms with van der Waals surface area (Å²) in [7, 11) is -5.68. The summed E-state index contributed by atoms with van der Waals surface area (Å²) in [6, 6.07) is 0. The van der Waals surface area contributed by atoms with Crippen molar-refractivity contribution in [2.24, 2.45) is 40.4 Å². The van der Waals surface area contributed by atoms with Crippen LogP contribution in [0.5, 0.6) is 0 Å². The van der Waals surface area contributed by atoms with Gasteiger partial charge in [-0.2, -0.15) is 17.2 Å². The first kappa shape index (κ1) is 23.1. The van der Waals surface area contributed by atoms with E-state index in [0.717, 1.165) is 25.7 Å². The molecule has 0 aromatic heterocycles. The zero-order valence-corrected chi connectivity index (χ0v) is 20.0. The lowest BCUT2D eigenvalue weighted by Crippen LogP contribution is -2.61. The Balaban J connectivity index is 1.20. The predicted octanol–water partition coefficient (Wildman–Crippen LogP) is 4.11. The average Bonchev–Trinajstić information content (AvgIpc) is 2.69. The van der Waals surface area contributed by atoms with Crippen molar-refractivity contribution >= 4 is 22.1 Å². The van der Waals surface area contributed by atoms with Gasteiger partial charge in [-0.1, -0.05) is 0 Å². The molecule has 8 bridgehead atoms. The number of carbonyl (C=O) groups is 2. The van der Waals surface area contributed by atoms with Gasteiger partial charge in [0, 0.05) is 6.42 Å². The molecule has 0 saturated heterocycles. The number of hydrogen-bond acceptors (Lipinski definition) is 6. The molecule has 1 N–H and O–H groups in total. The summed E-state index contributed by atoms with van der Waals surface area (Å²) in [6.07, 6.45) is 9.74. The lowest BCUT2D eigenvalue weighted by Gasteiger charge is -2.61. The normalized spacial score (nSPS) is 46.5. The van der Waals surface area contributed by atoms with Crippen LogP contribution in [0.15, 0.2) is 0 Å². The Morgan fingerprint density at radius 2 is 1.26 bits per heavy atom. The van der Waals surface area contributed by atoms with Gasteiger partial charge in [0.05, 0.1) is 10.8 Å². The van der Waals surface area contributed by atoms with E-state index in [1.54, 1.807) is 0 Å². The molecule has 0 heterocycles. The van der Waals surface area contributed by atoms with E-state index in [-0.39, 0.29) is 24.2 Å². The monoisotopic (exact) mass is 502 g/mol. The van der Waals surface area contributed by atoms with E-state index in [1.807, 2.05) is 0 Å². The van der Waals surface area contributed by atoms with E-state index in [1.165, 1.54) is 19.3 Å². The second kappa shape index (κ2) is 7.14. The van der Waals surface area contributed by atoms with Crippen molar-refractivity contribution in [2.75, 3.05) is 6.61 Å². The molecular weight excluding hydrogens is 470 g/mol. The third-order valence-corrected chi connectivity index (χ3v) is 10.8. The smallest absolute Gasteiger partial charge is 0.402 e. The van der Waals surface area contributed by atoms with Gasteiger partial charge in [-0.25, -0.2) is 0 Å². The molecule has 0 radical (unpaired) electrons. The zero-order valence-electron chi connectivity index (χ0n) is 19.1. The lowest BCUT2D eigenvalue weighted by molar-refractivity contribution is -0.226. The Morgan fingerprint density at radius 3 is 1.76 bits per heavy atom. The quantitative estimate of drug-likeness (QED) is 0.430. The fourth-order valence-electron chi connectivity index (χ4n) is 9.58. The van der Waals surface area contributed by atoms with Gasteiger partial charge >= 0.3 is 27.3 Å². The minimum Gasteiger partial charge on any atom is -0.459 e. The third-order valence-electron chi connectivity index (χ3n) is 9.97. The Bertz CT molecular complexity index is 973. The van der Waals surface area contributed by atoms with Gasteiger partial charge in [0.2, 0.25) is 0 Å². The van der Waals surface area contributed by atoms with Gasteiger partial charge in [-0.3, -0.25) is 14.1 Å². The third kappa shape index (κ3) is 3.52. The highest BCUT2D eigenvalue weighted by molar-refractivity contribution is 7.86. The summed E-state index contributed by atoms with van der Waals surface area (Å²) in [4.78, 5) is 26.7. The van der Waals surface area contributed by atoms with Crippen molar-refractivity contribution < 1.29 is 40.8 Å². The van der Waals surface area contributed by atoms with Gasteiger partial charge in [-0.15, -0.1) is 0 Å². The van der Waals surface area contributed by atoms with Gasteiger partial charge < -0.3 is 9.47 Å². The van der Waals surface area contributed by atoms with E-state index in [0.29, 0.717) is 43.4 Å². The molecule has 0 aliphatic heterocycles. The maximum absolute atomic E-state index is 13.7. The minimum atomic E-state index is -5.68. The SMILES string of the molecule is O=C(OCC(F)(F)S(=O)(=O)O)C12CC3CC(CC(OC(=O)C45CC6CC(CC(C6)C4)C5)(C3)C1)C2. The van der Waals surface area contributed by atoms with Crippen molar-refractivity contribution in [1.82, 2.24) is 0 Å². The number of alkyl halides is 2. The number of halogens is 2. The maximum Gasteiger partial charge on any atom is 0.402 e. The Labute approximate surface area is 198 Å². The molecule has 0 amide bonds. The Hall–Kier alpha value is -1.29. The summed E-state index contributed by atoms with van der Waals surface area (Å²) >= 11 is 0. The molecule has 0 spiro atoms. The molecule has 2 atom stereocenters. The molecule has 2 unspecified atom stereocenters. The molecule has 0 aromatic rings. The number of carbonyl (C=O) groups excluding carboxylic acids is 2. The van der Waals surface area contributed by atoms with Crippen molar-refractivity contribution in [1.29, 1.82) is 0 Å². The van der Waals surface area contributed by atoms with Crippen molar-refractivity contribution in [3.63, 3.8) is 0 Å². The van der Waals surface area contributed by atoms with Crippen LogP contribution in [-0.2, 0) is 29.2 Å². The fourth-order valence-corrected chi connectivity index (χ4v) is 9.79. The molecule has 8 aliphatic carbocycles. The van der Waals surface area contributed by atoms with E-state index in [9.17, 15) is 26.8 Å². The van der Waals surface area contributed by atoms with Crippen LogP contribution in [0.2, 0.25) is 0 Å². The first-order valence-corrected chi connectivity index (χ1v) is 14.0. The molecule has 10 heteroatoms. The van der Waals surface area contributed by atoms with Crippen LogP contribution in [0.25, 0.3) is 0 Å². The Kier molecular flexibility index (Phi) is 4.86. The van der Waals surface area contributed by atoms with E-state index < -0.39 is 44.4 Å². The van der Waals surface area contributed by atoms with Gasteiger partial charge in [0.15, 0.2) is 6.61 Å². The molecule has 8 saturated carbocycles. The molecule has 0 aromatic carbocycles. The molecule has 7 nitrogen and oxygen atoms in total. The van der Waals surface area contributed by atoms with Crippen LogP contribution in [-0.4, -0.2) is 42.4 Å². The Morgan fingerprint density at radius 1 is 0.794 bits per heavy atom. The van der Waals surface area contributed by atoms with E-state index in [4.69, 9.17) is 14.0 Å². The second-order valence-electron chi connectivity index (χ2n) is 12.7. The van der Waals surface area contributed by atoms with Crippen LogP contribution < -0.4 is 0 Å². The van der Waals surface area contributed by atoms with Crippen molar-refractivity contribution in [2.45, 2.75) is 87.9 Å². The first-order chi connectivity index (χ1) is 15.8. The van der Waals surface area contributed by atoms with Crippen LogP contribution in [0.4, 0.5) is 8.78 Å². The lowest BCUT2D eigenvalue weighted by atomic mass is 9.47. The molecule has 8 fully saturated rings. The molecular formula is C24H32F2O7S. The summed E-state index contributed by atoms with van der Waals surface area (Å²) < 4.78 is 69.1. The topological polar surface area (TPSA) is 107 Å². The zero-order chi connectivity index (χ0) is 24.1. The highest BCUT2D eigenvalue weighted by Crippen LogP contribution is 2.65. The number of hydrogen-bond donors (Lipinski definition) is 1. The van der Waals surface area contributed by atoms with Crippen LogP contribution in [0, 0.1) is 40.4 Å². The summed E-state index contributed by atoms with van der Waals surface area (Å²) in [5, 5.41) is -4.56.